The molecule has 26 nitrogen and oxygen atoms in total. The van der Waals surface area contributed by atoms with Gasteiger partial charge < -0.3 is 96.1 Å². The van der Waals surface area contributed by atoms with Crippen LogP contribution in [0, 0.1) is 120 Å². The standard InChI is InChI=1S/C24H32O8.C17H26O6.C17H24O4.C15H22O5.C9H9ClO3.C2H.BrH.Mg/c1-13-6-9-18-14(2)21(28-20(25)16-8-7-15(26-4)12-19(16)27-5)29-22-24(18)17(13)10-11-23(3,30-22)31-32-24;1-9-5-6-13-10(2)14(19-11(3)18)20-15-17(13)12(9)7-8-16(4,21-15)22-23-17;1-5-14-11(3)13-7-6-10(2)12-8-9-16(4)19-15(18-14)17(12,13)21-20-16;1-8-4-5-11-9(2)12(16)17-13-15(11)10(8)6-7-14(3,18-13)19-20-15;1-12-6-3-4-7(9(10)11)8(5-6)13-2;1-2;;/h7-8,12-14,17-18,21-22H,6,9-11H2,1-5H3;9-10,12-15H,5-8H2,1-4H3;1,10-15H,6-9H2,2-4H3;8-11,13H,4-7H2,1-3H3;3-5H,1-2H3;1H;1H;/q;;;;;-1;;+2/p-1/t13-,14-,17+,18+,21-,22-,23-,24-;9-,10-,12+,13+,14-,15-,16-,17-;10-,11-,12+,13+,14-,15-,16-,17-;8-,9-,10+,11+,13-,14-,15-;;;;/m1111..../s1. The van der Waals surface area contributed by atoms with Crippen LogP contribution in [0.4, 0.5) is 0 Å². The number of carbonyl (C=O) groups is 4. The van der Waals surface area contributed by atoms with Gasteiger partial charge in [-0.25, -0.2) is 43.9 Å². The molecule has 16 saturated heterocycles. The number of terminal acetylenes is 2. The van der Waals surface area contributed by atoms with Gasteiger partial charge in [-0.05, 0) is 188 Å². The third-order valence-corrected chi connectivity index (χ3v) is 28.4. The molecule has 4 spiro atoms. The maximum absolute atomic E-state index is 13.1. The molecule has 113 heavy (non-hydrogen) atoms. The Morgan fingerprint density at radius 2 is 0.805 bits per heavy atom. The summed E-state index contributed by atoms with van der Waals surface area (Å²) in [6.07, 6.45) is 26.6. The third kappa shape index (κ3) is 15.9. The predicted octanol–water partition coefficient (Wildman–Crippen LogP) is 11.0. The number of hydrogen-bond donors (Lipinski definition) is 0. The van der Waals surface area contributed by atoms with Crippen LogP contribution in [-0.4, -0.2) is 164 Å². The van der Waals surface area contributed by atoms with Gasteiger partial charge in [-0.15, -0.1) is 6.42 Å². The summed E-state index contributed by atoms with van der Waals surface area (Å²) in [6.45, 7) is 26.3. The van der Waals surface area contributed by atoms with E-state index in [-0.39, 0.29) is 105 Å². The van der Waals surface area contributed by atoms with Crippen molar-refractivity contribution < 1.29 is 142 Å². The van der Waals surface area contributed by atoms with Gasteiger partial charge in [0.05, 0.1) is 39.9 Å². The second-order valence-electron chi connectivity index (χ2n) is 34.6. The first kappa shape index (κ1) is 89.6. The molecule has 29 heteroatoms. The molecule has 0 aromatic heterocycles. The smallest absolute Gasteiger partial charge is 1.00 e. The summed E-state index contributed by atoms with van der Waals surface area (Å²) < 4.78 is 80.7. The molecule has 4 aliphatic carbocycles. The zero-order valence-electron chi connectivity index (χ0n) is 68.3. The van der Waals surface area contributed by atoms with Gasteiger partial charge in [-0.3, -0.25) is 14.4 Å². The summed E-state index contributed by atoms with van der Waals surface area (Å²) in [5, 5.41) is -0.542. The Labute approximate surface area is 696 Å². The summed E-state index contributed by atoms with van der Waals surface area (Å²) in [5.41, 5.74) is -1.72. The molecular formula is C84H114BrClMgO26. The van der Waals surface area contributed by atoms with Crippen molar-refractivity contribution in [3.05, 3.63) is 53.9 Å². The molecule has 2 aromatic rings. The van der Waals surface area contributed by atoms with Crippen molar-refractivity contribution in [2.45, 2.75) is 282 Å². The van der Waals surface area contributed by atoms with Crippen LogP contribution in [0.3, 0.4) is 0 Å². The van der Waals surface area contributed by atoms with Crippen molar-refractivity contribution >= 4 is 57.8 Å². The van der Waals surface area contributed by atoms with Crippen LogP contribution in [0.2, 0.25) is 0 Å². The molecule has 0 N–H and O–H groups in total. The van der Waals surface area contributed by atoms with E-state index in [0.717, 1.165) is 96.3 Å². The summed E-state index contributed by atoms with van der Waals surface area (Å²) in [5.74, 6) is 4.86. The van der Waals surface area contributed by atoms with Crippen LogP contribution < -0.4 is 35.9 Å². The molecule has 0 amide bonds. The number of rotatable bonds is 8. The van der Waals surface area contributed by atoms with Crippen LogP contribution in [0.1, 0.15) is 213 Å². The van der Waals surface area contributed by atoms with Crippen molar-refractivity contribution in [2.75, 3.05) is 28.4 Å². The number of esters is 3. The van der Waals surface area contributed by atoms with Gasteiger partial charge in [0, 0.05) is 86.2 Å². The molecule has 2 aromatic carbocycles. The summed E-state index contributed by atoms with van der Waals surface area (Å²) in [7, 11) is 6.08. The first-order valence-electron chi connectivity index (χ1n) is 39.9. The summed E-state index contributed by atoms with van der Waals surface area (Å²) >= 11 is 5.32. The molecule has 20 fully saturated rings. The summed E-state index contributed by atoms with van der Waals surface area (Å²) in [4.78, 5) is 94.6. The van der Waals surface area contributed by atoms with Crippen LogP contribution in [0.5, 0.6) is 23.0 Å². The van der Waals surface area contributed by atoms with E-state index in [1.54, 1.807) is 43.5 Å². The van der Waals surface area contributed by atoms with Gasteiger partial charge in [0.2, 0.25) is 42.0 Å². The van der Waals surface area contributed by atoms with Crippen LogP contribution in [0.15, 0.2) is 36.4 Å². The Bertz CT molecular complexity index is 3790. The minimum atomic E-state index is -0.869. The molecule has 31 atom stereocenters. The quantitative estimate of drug-likeness (QED) is 0.0452. The van der Waals surface area contributed by atoms with Gasteiger partial charge >= 0.3 is 41.0 Å². The van der Waals surface area contributed by atoms with Crippen molar-refractivity contribution in [1.82, 2.24) is 0 Å². The number of methoxy groups -OCH3 is 4. The molecule has 22 rings (SSSR count). The second kappa shape index (κ2) is 34.8. The number of ether oxygens (including phenoxy) is 14. The minimum Gasteiger partial charge on any atom is -1.00 e. The van der Waals surface area contributed by atoms with E-state index >= 15 is 0 Å². The monoisotopic (exact) mass is 1680 g/mol. The number of fused-ring (bicyclic) bond motifs is 8. The van der Waals surface area contributed by atoms with Gasteiger partial charge in [-0.1, -0.05) is 61.3 Å². The Morgan fingerprint density at radius 3 is 1.18 bits per heavy atom. The normalized spacial score (nSPS) is 45.5. The van der Waals surface area contributed by atoms with Crippen molar-refractivity contribution in [1.29, 1.82) is 0 Å². The van der Waals surface area contributed by atoms with Gasteiger partial charge in [-0.2, -0.15) is 0 Å². The fourth-order valence-corrected chi connectivity index (χ4v) is 22.3. The van der Waals surface area contributed by atoms with Crippen molar-refractivity contribution in [2.24, 2.45) is 94.7 Å². The zero-order chi connectivity index (χ0) is 79.9. The molecule has 0 radical (unpaired) electrons. The van der Waals surface area contributed by atoms with Crippen LogP contribution in [0.25, 0.3) is 0 Å². The Hall–Kier alpha value is -4.22. The summed E-state index contributed by atoms with van der Waals surface area (Å²) in [6, 6.07) is 9.81. The molecule has 20 aliphatic rings. The molecule has 16 aliphatic heterocycles. The van der Waals surface area contributed by atoms with E-state index in [2.05, 4.69) is 53.9 Å². The molecular weight excluding hydrogens is 1560 g/mol. The van der Waals surface area contributed by atoms with Gasteiger partial charge in [0.25, 0.3) is 5.24 Å². The average Bonchev–Trinajstić information content (AvgIpc) is 1.66. The van der Waals surface area contributed by atoms with E-state index in [1.165, 1.54) is 34.7 Å². The number of halogens is 2. The number of hydrogen-bond acceptors (Lipinski definition) is 26. The minimum absolute atomic E-state index is 0. The van der Waals surface area contributed by atoms with E-state index in [0.29, 0.717) is 81.5 Å². The fraction of sp³-hybridized carbons (Fsp3) is 0.762. The molecule has 16 heterocycles. The Kier molecular flexibility index (Phi) is 27.6. The van der Waals surface area contributed by atoms with Crippen LogP contribution in [-0.2, 0) is 96.1 Å². The first-order valence-corrected chi connectivity index (χ1v) is 40.3. The number of carbonyl (C=O) groups excluding carboxylic acids is 4. The average molecular weight is 1680 g/mol. The third-order valence-electron chi connectivity index (χ3n) is 28.2. The Morgan fingerprint density at radius 1 is 0.460 bits per heavy atom. The molecule has 8 bridgehead atoms. The molecule has 4 saturated carbocycles. The van der Waals surface area contributed by atoms with Gasteiger partial charge in [0.15, 0.2) is 41.3 Å². The van der Waals surface area contributed by atoms with Gasteiger partial charge in [0.1, 0.15) is 34.7 Å². The van der Waals surface area contributed by atoms with E-state index in [1.807, 2.05) is 41.5 Å². The van der Waals surface area contributed by atoms with E-state index < -0.39 is 94.5 Å². The molecule has 0 unspecified atom stereocenters. The van der Waals surface area contributed by atoms with Crippen LogP contribution >= 0.6 is 11.6 Å². The second-order valence-corrected chi connectivity index (χ2v) is 34.9. The topological polar surface area (TPSA) is 271 Å². The van der Waals surface area contributed by atoms with Crippen molar-refractivity contribution in [3.63, 3.8) is 0 Å². The SMILES string of the molecule is C#C[C@H]1O[C@@H]2O[C@@]3(C)CC[C@H]4[C@H](C)CC[C@@H]([C@H]1C)[C@@]24OO3.CC(=O)O[C@@H]1O[C@@H]2O[C@@]3(C)CC[C@H]4[C@H](C)CC[C@@H]([C@H]1C)[C@@]24OO3.COc1ccc(C(=O)Cl)c(OC)c1.COc1ccc(C(=O)O[C@@H]2O[C@@H]3O[C@@]4(C)CC[C@H]5[C@H](C)CC[C@@H]([C@H]2C)[C@@]35OO4)c(OC)c1.C[C@@H]1CC[C@H]2[C@@H](C)C(=O)O[C@@H]3O[C@@]4(C)CC[C@@H]1[C@]32OO4.[Br-].[C-]#C.[Mg+2]. The van der Waals surface area contributed by atoms with E-state index in [4.69, 9.17) is 130 Å². The maximum Gasteiger partial charge on any atom is 2.00 e. The van der Waals surface area contributed by atoms with E-state index in [9.17, 15) is 19.2 Å². The Balaban J connectivity index is 0.000000142. The largest absolute Gasteiger partial charge is 2.00 e. The first-order chi connectivity index (χ1) is 52.8. The zero-order valence-corrected chi connectivity index (χ0v) is 72.0. The predicted molar refractivity (Wildman–Crippen MR) is 398 cm³/mol. The number of benzene rings is 2. The van der Waals surface area contributed by atoms with Crippen molar-refractivity contribution in [3.8, 4) is 41.8 Å². The fourth-order valence-electron chi connectivity index (χ4n) is 22.1. The maximum atomic E-state index is 13.1. The molecule has 622 valence electrons.